The monoisotopic (exact) mass is 255 g/mol. The van der Waals surface area contributed by atoms with Crippen molar-refractivity contribution in [1.82, 2.24) is 4.90 Å². The molecule has 0 saturated carbocycles. The number of ether oxygens (including phenoxy) is 1. The number of carbonyl (C=O) groups is 2. The zero-order valence-corrected chi connectivity index (χ0v) is 12.0. The molecule has 1 aliphatic heterocycles. The van der Waals surface area contributed by atoms with E-state index < -0.39 is 5.60 Å². The number of esters is 1. The molecular weight excluding hydrogens is 230 g/mol. The van der Waals surface area contributed by atoms with Crippen LogP contribution >= 0.6 is 0 Å². The Labute approximate surface area is 110 Å². The molecule has 4 nitrogen and oxygen atoms in total. The smallest absolute Gasteiger partial charge is 0.306 e. The first kappa shape index (κ1) is 15.0. The van der Waals surface area contributed by atoms with Gasteiger partial charge in [0.25, 0.3) is 0 Å². The number of amides is 1. The molecule has 1 fully saturated rings. The molecule has 1 unspecified atom stereocenters. The second kappa shape index (κ2) is 6.21. The maximum atomic E-state index is 11.9. The van der Waals surface area contributed by atoms with Gasteiger partial charge < -0.3 is 9.64 Å². The summed E-state index contributed by atoms with van der Waals surface area (Å²) >= 11 is 0. The van der Waals surface area contributed by atoms with Gasteiger partial charge in [-0.15, -0.1) is 0 Å². The largest absolute Gasteiger partial charge is 0.460 e. The van der Waals surface area contributed by atoms with Crippen molar-refractivity contribution < 1.29 is 14.3 Å². The van der Waals surface area contributed by atoms with Crippen LogP contribution in [0.25, 0.3) is 0 Å². The van der Waals surface area contributed by atoms with Crippen molar-refractivity contribution in [1.29, 1.82) is 0 Å². The van der Waals surface area contributed by atoms with Gasteiger partial charge in [0.05, 0.1) is 6.42 Å². The summed E-state index contributed by atoms with van der Waals surface area (Å²) in [5, 5.41) is 0. The maximum Gasteiger partial charge on any atom is 0.306 e. The van der Waals surface area contributed by atoms with Gasteiger partial charge in [-0.05, 0) is 33.1 Å². The summed E-state index contributed by atoms with van der Waals surface area (Å²) in [7, 11) is 0. The summed E-state index contributed by atoms with van der Waals surface area (Å²) in [5.41, 5.74) is -0.471. The minimum atomic E-state index is -0.471. The lowest BCUT2D eigenvalue weighted by Crippen LogP contribution is -2.30. The zero-order valence-electron chi connectivity index (χ0n) is 12.0. The Bertz CT molecular complexity index is 307. The number of likely N-dealkylation sites (tertiary alicyclic amines) is 1. The molecule has 4 heteroatoms. The van der Waals surface area contributed by atoms with Crippen molar-refractivity contribution in [2.75, 3.05) is 13.1 Å². The predicted molar refractivity (Wildman–Crippen MR) is 70.1 cm³/mol. The van der Waals surface area contributed by atoms with E-state index >= 15 is 0 Å². The van der Waals surface area contributed by atoms with Crippen LogP contribution in [0.2, 0.25) is 0 Å². The molecule has 0 aliphatic carbocycles. The normalized spacial score (nSPS) is 20.0. The first-order valence-corrected chi connectivity index (χ1v) is 6.81. The highest BCUT2D eigenvalue weighted by atomic mass is 16.6. The Morgan fingerprint density at radius 2 is 1.94 bits per heavy atom. The van der Waals surface area contributed by atoms with E-state index in [4.69, 9.17) is 4.74 Å². The number of carbonyl (C=O) groups excluding carboxylic acids is 2. The standard InChI is InChI=1S/C14H25NO3/c1-5-11-8-9-15(10-11)12(16)6-7-13(17)18-14(2,3)4/h11H,5-10H2,1-4H3. The third-order valence-electron chi connectivity index (χ3n) is 3.18. The Morgan fingerprint density at radius 1 is 1.28 bits per heavy atom. The van der Waals surface area contributed by atoms with Crippen molar-refractivity contribution in [2.45, 2.75) is 59.0 Å². The van der Waals surface area contributed by atoms with Gasteiger partial charge >= 0.3 is 5.97 Å². The van der Waals surface area contributed by atoms with Gasteiger partial charge in [-0.25, -0.2) is 0 Å². The lowest BCUT2D eigenvalue weighted by Gasteiger charge is -2.20. The lowest BCUT2D eigenvalue weighted by atomic mass is 10.1. The van der Waals surface area contributed by atoms with Gasteiger partial charge in [0.1, 0.15) is 5.60 Å². The highest BCUT2D eigenvalue weighted by Gasteiger charge is 2.25. The van der Waals surface area contributed by atoms with Crippen molar-refractivity contribution in [3.63, 3.8) is 0 Å². The summed E-state index contributed by atoms with van der Waals surface area (Å²) in [6.07, 6.45) is 2.67. The van der Waals surface area contributed by atoms with Crippen LogP contribution in [-0.2, 0) is 14.3 Å². The van der Waals surface area contributed by atoms with Crippen molar-refractivity contribution in [3.05, 3.63) is 0 Å². The highest BCUT2D eigenvalue weighted by molar-refractivity contribution is 5.81. The average molecular weight is 255 g/mol. The second-order valence-corrected chi connectivity index (χ2v) is 5.99. The van der Waals surface area contributed by atoms with E-state index in [1.54, 1.807) is 0 Å². The number of nitrogens with zero attached hydrogens (tertiary/aromatic N) is 1. The van der Waals surface area contributed by atoms with E-state index in [2.05, 4.69) is 6.92 Å². The minimum absolute atomic E-state index is 0.0804. The predicted octanol–water partition coefficient (Wildman–Crippen LogP) is 2.37. The summed E-state index contributed by atoms with van der Waals surface area (Å²) in [5.74, 6) is 0.425. The topological polar surface area (TPSA) is 46.6 Å². The first-order chi connectivity index (χ1) is 8.31. The van der Waals surface area contributed by atoms with Crippen LogP contribution in [0.1, 0.15) is 53.4 Å². The fourth-order valence-electron chi connectivity index (χ4n) is 2.15. The molecule has 0 radical (unpaired) electrons. The molecule has 1 rings (SSSR count). The second-order valence-electron chi connectivity index (χ2n) is 5.99. The van der Waals surface area contributed by atoms with E-state index in [-0.39, 0.29) is 24.7 Å². The van der Waals surface area contributed by atoms with Crippen molar-refractivity contribution >= 4 is 11.9 Å². The molecule has 0 aromatic heterocycles. The Hall–Kier alpha value is -1.06. The van der Waals surface area contributed by atoms with Crippen molar-refractivity contribution in [2.24, 2.45) is 5.92 Å². The van der Waals surface area contributed by atoms with Crippen LogP contribution in [0.15, 0.2) is 0 Å². The molecule has 0 bridgehead atoms. The number of hydrogen-bond donors (Lipinski definition) is 0. The molecule has 104 valence electrons. The van der Waals surface area contributed by atoms with E-state index in [0.717, 1.165) is 25.9 Å². The van der Waals surface area contributed by atoms with Crippen LogP contribution in [0.4, 0.5) is 0 Å². The van der Waals surface area contributed by atoms with E-state index in [0.29, 0.717) is 5.92 Å². The summed E-state index contributed by atoms with van der Waals surface area (Å²) < 4.78 is 5.18. The SMILES string of the molecule is CCC1CCN(C(=O)CCC(=O)OC(C)(C)C)C1. The van der Waals surface area contributed by atoms with E-state index in [1.165, 1.54) is 0 Å². The minimum Gasteiger partial charge on any atom is -0.460 e. The fraction of sp³-hybridized carbons (Fsp3) is 0.857. The Kier molecular flexibility index (Phi) is 5.17. The van der Waals surface area contributed by atoms with Crippen LogP contribution in [-0.4, -0.2) is 35.5 Å². The van der Waals surface area contributed by atoms with E-state index in [9.17, 15) is 9.59 Å². The molecule has 1 saturated heterocycles. The van der Waals surface area contributed by atoms with E-state index in [1.807, 2.05) is 25.7 Å². The fourth-order valence-corrected chi connectivity index (χ4v) is 2.15. The highest BCUT2D eigenvalue weighted by Crippen LogP contribution is 2.20. The molecule has 1 atom stereocenters. The van der Waals surface area contributed by atoms with Gasteiger partial charge in [-0.2, -0.15) is 0 Å². The van der Waals surface area contributed by atoms with Crippen molar-refractivity contribution in [3.8, 4) is 0 Å². The quantitative estimate of drug-likeness (QED) is 0.724. The van der Waals surface area contributed by atoms with Crippen LogP contribution in [0, 0.1) is 5.92 Å². The van der Waals surface area contributed by atoms with Crippen LogP contribution in [0.3, 0.4) is 0 Å². The third kappa shape index (κ3) is 5.07. The molecular formula is C14H25NO3. The van der Waals surface area contributed by atoms with Crippen LogP contribution in [0.5, 0.6) is 0 Å². The molecule has 18 heavy (non-hydrogen) atoms. The lowest BCUT2D eigenvalue weighted by molar-refractivity contribution is -0.156. The Morgan fingerprint density at radius 3 is 2.44 bits per heavy atom. The van der Waals surface area contributed by atoms with Crippen LogP contribution < -0.4 is 0 Å². The number of hydrogen-bond acceptors (Lipinski definition) is 3. The first-order valence-electron chi connectivity index (χ1n) is 6.81. The summed E-state index contributed by atoms with van der Waals surface area (Å²) in [6, 6.07) is 0. The molecule has 1 amide bonds. The molecule has 0 N–H and O–H groups in total. The molecule has 1 aliphatic rings. The zero-order chi connectivity index (χ0) is 13.8. The summed E-state index contributed by atoms with van der Waals surface area (Å²) in [4.78, 5) is 25.3. The van der Waals surface area contributed by atoms with Gasteiger partial charge in [0.15, 0.2) is 0 Å². The summed E-state index contributed by atoms with van der Waals surface area (Å²) in [6.45, 7) is 9.34. The molecule has 1 heterocycles. The van der Waals surface area contributed by atoms with Gasteiger partial charge in [0, 0.05) is 19.5 Å². The average Bonchev–Trinajstić information content (AvgIpc) is 2.72. The third-order valence-corrected chi connectivity index (χ3v) is 3.18. The molecule has 0 aromatic carbocycles. The van der Waals surface area contributed by atoms with Gasteiger partial charge in [0.2, 0.25) is 5.91 Å². The molecule has 0 aromatic rings. The Balaban J connectivity index is 2.27. The van der Waals surface area contributed by atoms with Gasteiger partial charge in [-0.1, -0.05) is 13.3 Å². The number of rotatable bonds is 4. The maximum absolute atomic E-state index is 11.9. The molecule has 0 spiro atoms. The van der Waals surface area contributed by atoms with Gasteiger partial charge in [-0.3, -0.25) is 9.59 Å².